The lowest BCUT2D eigenvalue weighted by Gasteiger charge is -2.14. The first-order valence-corrected chi connectivity index (χ1v) is 8.48. The molecule has 0 fully saturated rings. The summed E-state index contributed by atoms with van der Waals surface area (Å²) in [5, 5.41) is 0.530. The van der Waals surface area contributed by atoms with E-state index < -0.39 is 17.8 Å². The van der Waals surface area contributed by atoms with Crippen molar-refractivity contribution in [3.8, 4) is 5.75 Å². The Balaban J connectivity index is 1.62. The maximum atomic E-state index is 12.6. The van der Waals surface area contributed by atoms with Gasteiger partial charge in [0.25, 0.3) is 11.8 Å². The number of ether oxygens (including phenoxy) is 1. The molecule has 0 aliphatic carbocycles. The minimum absolute atomic E-state index is 0.221. The number of amides is 2. The van der Waals surface area contributed by atoms with Crippen LogP contribution in [0.2, 0.25) is 5.02 Å². The van der Waals surface area contributed by atoms with Crippen molar-refractivity contribution < 1.29 is 19.1 Å². The third-order valence-electron chi connectivity index (χ3n) is 4.16. The van der Waals surface area contributed by atoms with Crippen LogP contribution in [-0.4, -0.2) is 17.8 Å². The average molecular weight is 378 g/mol. The van der Waals surface area contributed by atoms with Crippen molar-refractivity contribution in [1.82, 2.24) is 0 Å². The average Bonchev–Trinajstić information content (AvgIpc) is 2.95. The molecular weight excluding hydrogens is 366 g/mol. The van der Waals surface area contributed by atoms with Crippen LogP contribution in [0.15, 0.2) is 72.8 Å². The highest BCUT2D eigenvalue weighted by Gasteiger charge is 2.36. The lowest BCUT2D eigenvalue weighted by atomic mass is 10.1. The van der Waals surface area contributed by atoms with E-state index in [2.05, 4.69) is 0 Å². The number of hydrogen-bond acceptors (Lipinski definition) is 4. The third kappa shape index (κ3) is 3.09. The molecule has 0 unspecified atom stereocenters. The van der Waals surface area contributed by atoms with E-state index in [1.807, 2.05) is 0 Å². The Morgan fingerprint density at radius 3 is 2.07 bits per heavy atom. The molecule has 3 aromatic rings. The number of rotatable bonds is 3. The molecule has 0 atom stereocenters. The number of carbonyl (C=O) groups excluding carboxylic acids is 3. The fourth-order valence-electron chi connectivity index (χ4n) is 2.86. The number of nitrogens with zero attached hydrogens (tertiary/aromatic N) is 1. The Hall–Kier alpha value is -3.44. The number of imide groups is 1. The molecule has 1 heterocycles. The molecule has 0 bridgehead atoms. The van der Waals surface area contributed by atoms with Crippen LogP contribution in [0.1, 0.15) is 31.1 Å². The number of anilines is 1. The summed E-state index contributed by atoms with van der Waals surface area (Å²) in [4.78, 5) is 38.6. The number of halogens is 1. The molecule has 0 saturated heterocycles. The number of carbonyl (C=O) groups is 3. The second-order valence-corrected chi connectivity index (χ2v) is 6.32. The van der Waals surface area contributed by atoms with E-state index in [9.17, 15) is 14.4 Å². The topological polar surface area (TPSA) is 63.7 Å². The zero-order chi connectivity index (χ0) is 19.0. The molecule has 2 amide bonds. The standard InChI is InChI=1S/C21H12ClNO4/c22-14-8-10-16(11-9-14)27-21(26)13-4-3-5-15(12-13)23-19(24)17-6-1-2-7-18(17)20(23)25/h1-12H. The second-order valence-electron chi connectivity index (χ2n) is 5.89. The maximum Gasteiger partial charge on any atom is 0.343 e. The van der Waals surface area contributed by atoms with Crippen molar-refractivity contribution in [2.24, 2.45) is 0 Å². The zero-order valence-corrected chi connectivity index (χ0v) is 14.6. The first-order chi connectivity index (χ1) is 13.0. The van der Waals surface area contributed by atoms with E-state index in [1.165, 1.54) is 6.07 Å². The normalized spacial score (nSPS) is 12.9. The Labute approximate surface area is 159 Å². The Morgan fingerprint density at radius 1 is 0.815 bits per heavy atom. The fourth-order valence-corrected chi connectivity index (χ4v) is 2.99. The van der Waals surface area contributed by atoms with Gasteiger partial charge in [0, 0.05) is 5.02 Å². The van der Waals surface area contributed by atoms with Crippen molar-refractivity contribution in [3.05, 3.63) is 94.5 Å². The lowest BCUT2D eigenvalue weighted by Crippen LogP contribution is -2.29. The summed E-state index contributed by atoms with van der Waals surface area (Å²) in [5.41, 5.74) is 1.22. The summed E-state index contributed by atoms with van der Waals surface area (Å²) in [5.74, 6) is -1.09. The van der Waals surface area contributed by atoms with Gasteiger partial charge in [-0.15, -0.1) is 0 Å². The third-order valence-corrected chi connectivity index (χ3v) is 4.41. The summed E-state index contributed by atoms with van der Waals surface area (Å²) < 4.78 is 5.30. The summed E-state index contributed by atoms with van der Waals surface area (Å²) in [6.07, 6.45) is 0. The number of hydrogen-bond donors (Lipinski definition) is 0. The summed E-state index contributed by atoms with van der Waals surface area (Å²) in [7, 11) is 0. The van der Waals surface area contributed by atoms with E-state index in [0.29, 0.717) is 27.6 Å². The molecule has 0 N–H and O–H groups in total. The highest BCUT2D eigenvalue weighted by atomic mass is 35.5. The van der Waals surface area contributed by atoms with Gasteiger partial charge in [0.1, 0.15) is 5.75 Å². The Kier molecular flexibility index (Phi) is 4.22. The first kappa shape index (κ1) is 17.0. The van der Waals surface area contributed by atoms with Crippen LogP contribution in [0, 0.1) is 0 Å². The van der Waals surface area contributed by atoms with Gasteiger partial charge >= 0.3 is 5.97 Å². The quantitative estimate of drug-likeness (QED) is 0.386. The molecule has 27 heavy (non-hydrogen) atoms. The molecule has 1 aliphatic heterocycles. The number of fused-ring (bicyclic) bond motifs is 1. The van der Waals surface area contributed by atoms with Gasteiger partial charge in [-0.2, -0.15) is 0 Å². The predicted octanol–water partition coefficient (Wildman–Crippen LogP) is 4.36. The van der Waals surface area contributed by atoms with E-state index in [0.717, 1.165) is 4.90 Å². The van der Waals surface area contributed by atoms with Gasteiger partial charge in [0.15, 0.2) is 0 Å². The SMILES string of the molecule is O=C(Oc1ccc(Cl)cc1)c1cccc(N2C(=O)c3ccccc3C2=O)c1. The van der Waals surface area contributed by atoms with Crippen LogP contribution < -0.4 is 9.64 Å². The fraction of sp³-hybridized carbons (Fsp3) is 0. The molecule has 132 valence electrons. The first-order valence-electron chi connectivity index (χ1n) is 8.10. The van der Waals surface area contributed by atoms with Crippen LogP contribution in [0.4, 0.5) is 5.69 Å². The van der Waals surface area contributed by atoms with Gasteiger partial charge in [-0.1, -0.05) is 29.8 Å². The number of benzene rings is 3. The van der Waals surface area contributed by atoms with E-state index in [4.69, 9.17) is 16.3 Å². The van der Waals surface area contributed by atoms with Gasteiger partial charge < -0.3 is 4.74 Å². The smallest absolute Gasteiger partial charge is 0.343 e. The monoisotopic (exact) mass is 377 g/mol. The van der Waals surface area contributed by atoms with Crippen LogP contribution in [0.3, 0.4) is 0 Å². The highest BCUT2D eigenvalue weighted by Crippen LogP contribution is 2.29. The van der Waals surface area contributed by atoms with E-state index >= 15 is 0 Å². The number of esters is 1. The van der Waals surface area contributed by atoms with Gasteiger partial charge in [0.2, 0.25) is 0 Å². The highest BCUT2D eigenvalue weighted by molar-refractivity contribution is 6.34. The molecule has 1 aliphatic rings. The second kappa shape index (κ2) is 6.70. The van der Waals surface area contributed by atoms with Crippen LogP contribution >= 0.6 is 11.6 Å². The predicted molar refractivity (Wildman–Crippen MR) is 100 cm³/mol. The van der Waals surface area contributed by atoms with Gasteiger partial charge in [-0.25, -0.2) is 9.69 Å². The molecule has 0 spiro atoms. The minimum Gasteiger partial charge on any atom is -0.423 e. The largest absolute Gasteiger partial charge is 0.423 e. The lowest BCUT2D eigenvalue weighted by molar-refractivity contribution is 0.0733. The summed E-state index contributed by atoms with van der Waals surface area (Å²) in [6.45, 7) is 0. The molecule has 0 saturated carbocycles. The van der Waals surface area contributed by atoms with Crippen LogP contribution in [0.25, 0.3) is 0 Å². The molecule has 0 radical (unpaired) electrons. The maximum absolute atomic E-state index is 12.6. The molecule has 6 heteroatoms. The Bertz CT molecular complexity index is 1040. The zero-order valence-electron chi connectivity index (χ0n) is 13.9. The van der Waals surface area contributed by atoms with Gasteiger partial charge in [-0.05, 0) is 54.6 Å². The molecule has 0 aromatic heterocycles. The molecule has 5 nitrogen and oxygen atoms in total. The van der Waals surface area contributed by atoms with Crippen molar-refractivity contribution in [1.29, 1.82) is 0 Å². The molecule has 3 aromatic carbocycles. The van der Waals surface area contributed by atoms with Crippen molar-refractivity contribution >= 4 is 35.1 Å². The van der Waals surface area contributed by atoms with Crippen molar-refractivity contribution in [2.75, 3.05) is 4.90 Å². The molecular formula is C21H12ClNO4. The summed E-state index contributed by atoms with van der Waals surface area (Å²) >= 11 is 5.81. The van der Waals surface area contributed by atoms with E-state index in [1.54, 1.807) is 66.7 Å². The van der Waals surface area contributed by atoms with Gasteiger partial charge in [-0.3, -0.25) is 9.59 Å². The Morgan fingerprint density at radius 2 is 1.44 bits per heavy atom. The van der Waals surface area contributed by atoms with Gasteiger partial charge in [0.05, 0.1) is 22.4 Å². The summed E-state index contributed by atoms with van der Waals surface area (Å²) in [6, 6.07) is 19.2. The van der Waals surface area contributed by atoms with Crippen molar-refractivity contribution in [3.63, 3.8) is 0 Å². The van der Waals surface area contributed by atoms with Crippen LogP contribution in [-0.2, 0) is 0 Å². The minimum atomic E-state index is -0.601. The molecule has 4 rings (SSSR count). The van der Waals surface area contributed by atoms with Crippen LogP contribution in [0.5, 0.6) is 5.75 Å². The van der Waals surface area contributed by atoms with Crippen molar-refractivity contribution in [2.45, 2.75) is 0 Å². The van der Waals surface area contributed by atoms with E-state index in [-0.39, 0.29) is 5.56 Å².